The zero-order valence-corrected chi connectivity index (χ0v) is 12.7. The summed E-state index contributed by atoms with van der Waals surface area (Å²) in [7, 11) is 2.05. The monoisotopic (exact) mass is 349 g/mol. The Hall–Kier alpha value is -0.720. The van der Waals surface area contributed by atoms with E-state index in [9.17, 15) is 0 Å². The maximum atomic E-state index is 5.05. The number of nitrogens with zero attached hydrogens (tertiary/aromatic N) is 2. The second-order valence-electron chi connectivity index (χ2n) is 4.28. The van der Waals surface area contributed by atoms with Crippen LogP contribution in [-0.2, 0) is 6.54 Å². The van der Waals surface area contributed by atoms with Gasteiger partial charge >= 0.3 is 0 Å². The van der Waals surface area contributed by atoms with Crippen molar-refractivity contribution in [3.8, 4) is 0 Å². The van der Waals surface area contributed by atoms with Crippen molar-refractivity contribution in [2.24, 2.45) is 4.99 Å². The Morgan fingerprint density at radius 3 is 3.06 bits per heavy atom. The number of hydrogen-bond donors (Lipinski definition) is 1. The van der Waals surface area contributed by atoms with Crippen molar-refractivity contribution in [2.75, 3.05) is 13.6 Å². The molecule has 0 aromatic carbocycles. The summed E-state index contributed by atoms with van der Waals surface area (Å²) in [5.41, 5.74) is 1.17. The molecule has 2 rings (SSSR count). The predicted octanol–water partition coefficient (Wildman–Crippen LogP) is 2.46. The van der Waals surface area contributed by atoms with Gasteiger partial charge in [-0.05, 0) is 12.5 Å². The predicted molar refractivity (Wildman–Crippen MR) is 79.7 cm³/mol. The highest BCUT2D eigenvalue weighted by Crippen LogP contribution is 2.08. The van der Waals surface area contributed by atoms with Crippen molar-refractivity contribution in [3.63, 3.8) is 0 Å². The largest absolute Gasteiger partial charge is 0.472 e. The first-order chi connectivity index (χ1) is 7.79. The standard InChI is InChI=1S/C12H19N3O.HI/c1-3-4-11-7-13-12(14-11)15(2)8-10-5-6-16-9-10;/h5-6,9,11H,3-4,7-8H2,1-2H3,(H,13,14);1H. The highest BCUT2D eigenvalue weighted by atomic mass is 127. The van der Waals surface area contributed by atoms with E-state index in [1.165, 1.54) is 18.4 Å². The molecule has 1 aromatic heterocycles. The van der Waals surface area contributed by atoms with Gasteiger partial charge in [-0.1, -0.05) is 13.3 Å². The van der Waals surface area contributed by atoms with Gasteiger partial charge in [0.2, 0.25) is 0 Å². The number of halogens is 1. The highest BCUT2D eigenvalue weighted by Gasteiger charge is 2.19. The first-order valence-electron chi connectivity index (χ1n) is 5.82. The SMILES string of the molecule is CCCC1CN=C(N(C)Cc2ccoc2)N1.I. The van der Waals surface area contributed by atoms with Crippen molar-refractivity contribution < 1.29 is 4.42 Å². The molecular weight excluding hydrogens is 329 g/mol. The third-order valence-corrected chi connectivity index (χ3v) is 2.79. The fraction of sp³-hybridized carbons (Fsp3) is 0.583. The van der Waals surface area contributed by atoms with Crippen LogP contribution in [0.2, 0.25) is 0 Å². The number of aliphatic imine (C=N–C) groups is 1. The van der Waals surface area contributed by atoms with E-state index in [-0.39, 0.29) is 24.0 Å². The van der Waals surface area contributed by atoms with Gasteiger partial charge in [0.05, 0.1) is 19.1 Å². The third-order valence-electron chi connectivity index (χ3n) is 2.79. The van der Waals surface area contributed by atoms with Gasteiger partial charge in [0, 0.05) is 25.2 Å². The van der Waals surface area contributed by atoms with Gasteiger partial charge < -0.3 is 14.6 Å². The van der Waals surface area contributed by atoms with E-state index in [1.54, 1.807) is 12.5 Å². The lowest BCUT2D eigenvalue weighted by atomic mass is 10.2. The van der Waals surface area contributed by atoms with E-state index in [0.29, 0.717) is 6.04 Å². The van der Waals surface area contributed by atoms with Crippen LogP contribution >= 0.6 is 24.0 Å². The van der Waals surface area contributed by atoms with Gasteiger partial charge in [-0.25, -0.2) is 0 Å². The number of furan rings is 1. The quantitative estimate of drug-likeness (QED) is 0.849. The molecule has 1 aliphatic heterocycles. The molecule has 0 amide bonds. The van der Waals surface area contributed by atoms with Crippen LogP contribution in [0.1, 0.15) is 25.3 Å². The second-order valence-corrected chi connectivity index (χ2v) is 4.28. The van der Waals surface area contributed by atoms with Crippen LogP contribution in [0.25, 0.3) is 0 Å². The Labute approximate surface area is 119 Å². The molecule has 0 saturated heterocycles. The van der Waals surface area contributed by atoms with E-state index < -0.39 is 0 Å². The molecule has 2 heterocycles. The first-order valence-corrected chi connectivity index (χ1v) is 5.82. The number of hydrogen-bond acceptors (Lipinski definition) is 4. The third kappa shape index (κ3) is 3.90. The second kappa shape index (κ2) is 6.88. The van der Waals surface area contributed by atoms with E-state index >= 15 is 0 Å². The Balaban J connectivity index is 0.00000144. The summed E-state index contributed by atoms with van der Waals surface area (Å²) in [6.45, 7) is 3.94. The molecular formula is C12H20IN3O. The fourth-order valence-corrected chi connectivity index (χ4v) is 1.94. The zero-order chi connectivity index (χ0) is 11.4. The van der Waals surface area contributed by atoms with Crippen molar-refractivity contribution >= 4 is 29.9 Å². The smallest absolute Gasteiger partial charge is 0.194 e. The fourth-order valence-electron chi connectivity index (χ4n) is 1.94. The van der Waals surface area contributed by atoms with Gasteiger partial charge in [0.15, 0.2) is 5.96 Å². The molecule has 0 spiro atoms. The minimum Gasteiger partial charge on any atom is -0.472 e. The molecule has 0 saturated carbocycles. The zero-order valence-electron chi connectivity index (χ0n) is 10.3. The molecule has 1 N–H and O–H groups in total. The van der Waals surface area contributed by atoms with E-state index in [0.717, 1.165) is 19.0 Å². The molecule has 1 aliphatic rings. The van der Waals surface area contributed by atoms with Gasteiger partial charge in [-0.2, -0.15) is 0 Å². The molecule has 1 aromatic rings. The number of guanidine groups is 1. The van der Waals surface area contributed by atoms with Crippen molar-refractivity contribution in [1.82, 2.24) is 10.2 Å². The lowest BCUT2D eigenvalue weighted by Crippen LogP contribution is -2.39. The lowest BCUT2D eigenvalue weighted by molar-refractivity contribution is 0.469. The Kier molecular flexibility index (Phi) is 5.80. The Morgan fingerprint density at radius 2 is 2.41 bits per heavy atom. The number of rotatable bonds is 4. The molecule has 96 valence electrons. The van der Waals surface area contributed by atoms with E-state index in [4.69, 9.17) is 4.42 Å². The maximum Gasteiger partial charge on any atom is 0.194 e. The molecule has 5 heteroatoms. The summed E-state index contributed by atoms with van der Waals surface area (Å²) in [6.07, 6.45) is 5.86. The topological polar surface area (TPSA) is 40.8 Å². The maximum absolute atomic E-state index is 5.05. The Morgan fingerprint density at radius 1 is 1.59 bits per heavy atom. The van der Waals surface area contributed by atoms with Gasteiger partial charge in [-0.3, -0.25) is 4.99 Å². The van der Waals surface area contributed by atoms with Crippen LogP contribution in [0.5, 0.6) is 0 Å². The molecule has 17 heavy (non-hydrogen) atoms. The minimum atomic E-state index is 0. The van der Waals surface area contributed by atoms with Crippen LogP contribution in [0.3, 0.4) is 0 Å². The number of nitrogens with one attached hydrogen (secondary N) is 1. The first kappa shape index (κ1) is 14.3. The van der Waals surface area contributed by atoms with E-state index in [1.807, 2.05) is 13.1 Å². The molecule has 1 atom stereocenters. The van der Waals surface area contributed by atoms with Crippen molar-refractivity contribution in [2.45, 2.75) is 32.4 Å². The summed E-state index contributed by atoms with van der Waals surface area (Å²) < 4.78 is 5.05. The van der Waals surface area contributed by atoms with Crippen LogP contribution in [0.15, 0.2) is 28.0 Å². The molecule has 0 aliphatic carbocycles. The summed E-state index contributed by atoms with van der Waals surface area (Å²) >= 11 is 0. The molecule has 0 fully saturated rings. The Bertz CT molecular complexity index is 351. The van der Waals surface area contributed by atoms with Crippen LogP contribution in [0.4, 0.5) is 0 Å². The van der Waals surface area contributed by atoms with E-state index in [2.05, 4.69) is 22.1 Å². The summed E-state index contributed by atoms with van der Waals surface area (Å²) in [4.78, 5) is 6.64. The van der Waals surface area contributed by atoms with Crippen LogP contribution in [-0.4, -0.2) is 30.5 Å². The van der Waals surface area contributed by atoms with Gasteiger partial charge in [-0.15, -0.1) is 24.0 Å². The average Bonchev–Trinajstić information content (AvgIpc) is 2.89. The summed E-state index contributed by atoms with van der Waals surface area (Å²) in [6, 6.07) is 2.50. The lowest BCUT2D eigenvalue weighted by Gasteiger charge is -2.20. The van der Waals surface area contributed by atoms with Crippen molar-refractivity contribution in [3.05, 3.63) is 24.2 Å². The van der Waals surface area contributed by atoms with Crippen LogP contribution in [0, 0.1) is 0 Å². The summed E-state index contributed by atoms with van der Waals surface area (Å²) in [5.74, 6) is 1.000. The summed E-state index contributed by atoms with van der Waals surface area (Å²) in [5, 5.41) is 3.45. The van der Waals surface area contributed by atoms with Gasteiger partial charge in [0.1, 0.15) is 0 Å². The normalized spacial score (nSPS) is 18.2. The van der Waals surface area contributed by atoms with Crippen molar-refractivity contribution in [1.29, 1.82) is 0 Å². The molecule has 4 nitrogen and oxygen atoms in total. The minimum absolute atomic E-state index is 0. The molecule has 1 unspecified atom stereocenters. The molecule has 0 bridgehead atoms. The van der Waals surface area contributed by atoms with Gasteiger partial charge in [0.25, 0.3) is 0 Å². The van der Waals surface area contributed by atoms with Crippen LogP contribution < -0.4 is 5.32 Å². The average molecular weight is 349 g/mol. The molecule has 0 radical (unpaired) electrons. The highest BCUT2D eigenvalue weighted by molar-refractivity contribution is 14.0.